The molecule has 0 aliphatic heterocycles. The topological polar surface area (TPSA) is 55.8 Å². The number of carbonyl (C=O) groups excluding carboxylic acids is 1. The van der Waals surface area contributed by atoms with Crippen LogP contribution in [0, 0.1) is 5.41 Å². The third-order valence-corrected chi connectivity index (χ3v) is 4.17. The Bertz CT molecular complexity index is 465. The quantitative estimate of drug-likeness (QED) is 0.524. The molecule has 1 atom stereocenters. The molecule has 0 saturated carbocycles. The molecule has 0 bridgehead atoms. The van der Waals surface area contributed by atoms with Gasteiger partial charge in [0.1, 0.15) is 5.75 Å². The van der Waals surface area contributed by atoms with E-state index in [1.54, 1.807) is 7.11 Å². The molecule has 4 heteroatoms. The molecule has 1 aromatic rings. The van der Waals surface area contributed by atoms with Gasteiger partial charge in [-0.05, 0) is 63.1 Å². The van der Waals surface area contributed by atoms with E-state index in [9.17, 15) is 4.79 Å². The Kier molecular flexibility index (Phi) is 8.10. The Hall–Kier alpha value is -1.55. The van der Waals surface area contributed by atoms with Crippen molar-refractivity contribution in [2.75, 3.05) is 20.3 Å². The number of ether oxygens (including phenoxy) is 2. The van der Waals surface area contributed by atoms with Crippen molar-refractivity contribution in [1.29, 1.82) is 0 Å². The maximum Gasteiger partial charge on any atom is 0.311 e. The minimum atomic E-state index is -0.528. The van der Waals surface area contributed by atoms with E-state index >= 15 is 0 Å². The summed E-state index contributed by atoms with van der Waals surface area (Å²) in [6.45, 7) is 6.52. The van der Waals surface area contributed by atoms with Crippen LogP contribution in [0.3, 0.4) is 0 Å². The Labute approximate surface area is 139 Å². The lowest BCUT2D eigenvalue weighted by Gasteiger charge is -2.27. The average molecular weight is 322 g/mol. The van der Waals surface area contributed by atoms with E-state index in [0.717, 1.165) is 18.6 Å². The number of aliphatic hydroxyl groups excluding tert-OH is 1. The maximum absolute atomic E-state index is 12.3. The van der Waals surface area contributed by atoms with Gasteiger partial charge in [0.05, 0.1) is 19.1 Å². The number of benzene rings is 1. The Morgan fingerprint density at radius 2 is 1.87 bits per heavy atom. The van der Waals surface area contributed by atoms with E-state index in [1.807, 2.05) is 26.0 Å². The van der Waals surface area contributed by atoms with Crippen molar-refractivity contribution < 1.29 is 19.4 Å². The van der Waals surface area contributed by atoms with Crippen molar-refractivity contribution in [3.63, 3.8) is 0 Å². The molecule has 0 fully saturated rings. The van der Waals surface area contributed by atoms with Crippen LogP contribution in [0.1, 0.15) is 57.9 Å². The Morgan fingerprint density at radius 1 is 1.22 bits per heavy atom. The minimum Gasteiger partial charge on any atom is -0.497 e. The number of esters is 1. The molecule has 1 N–H and O–H groups in total. The first-order valence-electron chi connectivity index (χ1n) is 8.36. The number of hydrogen-bond acceptors (Lipinski definition) is 4. The third-order valence-electron chi connectivity index (χ3n) is 4.17. The first-order valence-corrected chi connectivity index (χ1v) is 8.36. The highest BCUT2D eigenvalue weighted by Crippen LogP contribution is 2.35. The first-order chi connectivity index (χ1) is 10.9. The van der Waals surface area contributed by atoms with E-state index in [0.29, 0.717) is 25.4 Å². The standard InChI is InChI=1S/C19H30O4/c1-5-15(16-8-10-17(22-4)11-9-16)14-19(2,3)18(21)23-13-7-6-12-20/h8-11,15,20H,5-7,12-14H2,1-4H3. The van der Waals surface area contributed by atoms with E-state index in [2.05, 4.69) is 19.1 Å². The predicted molar refractivity (Wildman–Crippen MR) is 91.7 cm³/mol. The number of unbranched alkanes of at least 4 members (excludes halogenated alkanes) is 1. The van der Waals surface area contributed by atoms with Crippen molar-refractivity contribution >= 4 is 5.97 Å². The predicted octanol–water partition coefficient (Wildman–Crippen LogP) is 3.92. The molecule has 0 aromatic heterocycles. The summed E-state index contributed by atoms with van der Waals surface area (Å²) in [5.41, 5.74) is 0.689. The second-order valence-electron chi connectivity index (χ2n) is 6.53. The average Bonchev–Trinajstić information content (AvgIpc) is 2.56. The third kappa shape index (κ3) is 6.22. The summed E-state index contributed by atoms with van der Waals surface area (Å²) >= 11 is 0. The van der Waals surface area contributed by atoms with Crippen LogP contribution in [0.4, 0.5) is 0 Å². The smallest absolute Gasteiger partial charge is 0.311 e. The van der Waals surface area contributed by atoms with Crippen molar-refractivity contribution in [2.24, 2.45) is 5.41 Å². The molecular formula is C19H30O4. The van der Waals surface area contributed by atoms with Crippen molar-refractivity contribution in [3.05, 3.63) is 29.8 Å². The molecule has 1 rings (SSSR count). The first kappa shape index (κ1) is 19.5. The van der Waals surface area contributed by atoms with Crippen LogP contribution in [-0.2, 0) is 9.53 Å². The van der Waals surface area contributed by atoms with E-state index in [1.165, 1.54) is 5.56 Å². The summed E-state index contributed by atoms with van der Waals surface area (Å²) in [5, 5.41) is 8.76. The van der Waals surface area contributed by atoms with Crippen LogP contribution in [0.15, 0.2) is 24.3 Å². The van der Waals surface area contributed by atoms with Gasteiger partial charge >= 0.3 is 5.97 Å². The molecule has 4 nitrogen and oxygen atoms in total. The lowest BCUT2D eigenvalue weighted by atomic mass is 9.79. The summed E-state index contributed by atoms with van der Waals surface area (Å²) < 4.78 is 10.6. The van der Waals surface area contributed by atoms with E-state index < -0.39 is 5.41 Å². The van der Waals surface area contributed by atoms with Crippen LogP contribution in [0.2, 0.25) is 0 Å². The van der Waals surface area contributed by atoms with Gasteiger partial charge in [-0.2, -0.15) is 0 Å². The van der Waals surface area contributed by atoms with Gasteiger partial charge in [0.15, 0.2) is 0 Å². The Morgan fingerprint density at radius 3 is 2.39 bits per heavy atom. The molecule has 130 valence electrons. The van der Waals surface area contributed by atoms with Gasteiger partial charge < -0.3 is 14.6 Å². The molecule has 0 heterocycles. The lowest BCUT2D eigenvalue weighted by Crippen LogP contribution is -2.29. The fourth-order valence-corrected chi connectivity index (χ4v) is 2.65. The van der Waals surface area contributed by atoms with Gasteiger partial charge in [0.2, 0.25) is 0 Å². The number of aliphatic hydroxyl groups is 1. The van der Waals surface area contributed by atoms with E-state index in [-0.39, 0.29) is 12.6 Å². The van der Waals surface area contributed by atoms with Gasteiger partial charge in [0.25, 0.3) is 0 Å². The number of rotatable bonds is 10. The highest BCUT2D eigenvalue weighted by molar-refractivity contribution is 5.76. The maximum atomic E-state index is 12.3. The summed E-state index contributed by atoms with van der Waals surface area (Å²) in [6, 6.07) is 8.04. The second-order valence-corrected chi connectivity index (χ2v) is 6.53. The fourth-order valence-electron chi connectivity index (χ4n) is 2.65. The van der Waals surface area contributed by atoms with Crippen molar-refractivity contribution in [3.8, 4) is 5.75 Å². The molecular weight excluding hydrogens is 292 g/mol. The SMILES string of the molecule is CCC(CC(C)(C)C(=O)OCCCCO)c1ccc(OC)cc1. The number of hydrogen-bond donors (Lipinski definition) is 1. The van der Waals surface area contributed by atoms with Gasteiger partial charge in [-0.25, -0.2) is 0 Å². The van der Waals surface area contributed by atoms with Gasteiger partial charge in [-0.1, -0.05) is 19.1 Å². The molecule has 1 unspecified atom stereocenters. The second kappa shape index (κ2) is 9.56. The fraction of sp³-hybridized carbons (Fsp3) is 0.632. The van der Waals surface area contributed by atoms with Crippen LogP contribution < -0.4 is 4.74 Å². The minimum absolute atomic E-state index is 0.135. The molecule has 0 amide bonds. The van der Waals surface area contributed by atoms with Crippen molar-refractivity contribution in [1.82, 2.24) is 0 Å². The zero-order valence-corrected chi connectivity index (χ0v) is 14.8. The molecule has 0 saturated heterocycles. The Balaban J connectivity index is 2.65. The van der Waals surface area contributed by atoms with E-state index in [4.69, 9.17) is 14.6 Å². The zero-order chi connectivity index (χ0) is 17.3. The normalized spacial score (nSPS) is 12.7. The molecule has 0 spiro atoms. The van der Waals surface area contributed by atoms with Crippen molar-refractivity contribution in [2.45, 2.75) is 52.4 Å². The monoisotopic (exact) mass is 322 g/mol. The van der Waals surface area contributed by atoms with Gasteiger partial charge in [-0.3, -0.25) is 4.79 Å². The molecule has 23 heavy (non-hydrogen) atoms. The summed E-state index contributed by atoms with van der Waals surface area (Å²) in [4.78, 5) is 12.3. The zero-order valence-electron chi connectivity index (χ0n) is 14.8. The van der Waals surface area contributed by atoms with Crippen LogP contribution in [-0.4, -0.2) is 31.4 Å². The van der Waals surface area contributed by atoms with Crippen LogP contribution in [0.25, 0.3) is 0 Å². The summed E-state index contributed by atoms with van der Waals surface area (Å²) in [5.74, 6) is 0.981. The van der Waals surface area contributed by atoms with Gasteiger partial charge in [-0.15, -0.1) is 0 Å². The molecule has 1 aromatic carbocycles. The highest BCUT2D eigenvalue weighted by atomic mass is 16.5. The highest BCUT2D eigenvalue weighted by Gasteiger charge is 2.32. The molecule has 0 radical (unpaired) electrons. The van der Waals surface area contributed by atoms with Gasteiger partial charge in [0, 0.05) is 6.61 Å². The van der Waals surface area contributed by atoms with Crippen LogP contribution in [0.5, 0.6) is 5.75 Å². The lowest BCUT2D eigenvalue weighted by molar-refractivity contribution is -0.154. The number of methoxy groups -OCH3 is 1. The number of carbonyl (C=O) groups is 1. The summed E-state index contributed by atoms with van der Waals surface area (Å²) in [6.07, 6.45) is 3.08. The van der Waals surface area contributed by atoms with Crippen LogP contribution >= 0.6 is 0 Å². The summed E-state index contributed by atoms with van der Waals surface area (Å²) in [7, 11) is 1.65. The molecule has 0 aliphatic rings. The largest absolute Gasteiger partial charge is 0.497 e. The molecule has 0 aliphatic carbocycles.